The lowest BCUT2D eigenvalue weighted by molar-refractivity contribution is 0.0688. The standard InChI is InChI=1S/C13H19ClN2O3S/c1-10-6-4-3-5-7-16(10)13(17)12-8-11(9-15(12)2)20(14,18)19/h8-10H,3-7H2,1-2H3. The van der Waals surface area contributed by atoms with Crippen molar-refractivity contribution in [3.8, 4) is 0 Å². The molecule has 112 valence electrons. The van der Waals surface area contributed by atoms with E-state index in [1.165, 1.54) is 16.8 Å². The number of aromatic nitrogens is 1. The highest BCUT2D eigenvalue weighted by molar-refractivity contribution is 8.13. The summed E-state index contributed by atoms with van der Waals surface area (Å²) in [6.45, 7) is 2.75. The molecule has 20 heavy (non-hydrogen) atoms. The van der Waals surface area contributed by atoms with E-state index in [4.69, 9.17) is 10.7 Å². The number of aryl methyl sites for hydroxylation is 1. The molecule has 0 saturated carbocycles. The van der Waals surface area contributed by atoms with Gasteiger partial charge in [0.25, 0.3) is 15.0 Å². The monoisotopic (exact) mass is 318 g/mol. The fourth-order valence-electron chi connectivity index (χ4n) is 2.60. The Morgan fingerprint density at radius 3 is 2.65 bits per heavy atom. The normalized spacial score (nSPS) is 20.8. The zero-order valence-corrected chi connectivity index (χ0v) is 13.2. The van der Waals surface area contributed by atoms with Crippen LogP contribution in [0.2, 0.25) is 0 Å². The number of likely N-dealkylation sites (tertiary alicyclic amines) is 1. The maximum Gasteiger partial charge on any atom is 0.270 e. The van der Waals surface area contributed by atoms with Crippen molar-refractivity contribution >= 4 is 25.6 Å². The van der Waals surface area contributed by atoms with E-state index < -0.39 is 9.05 Å². The summed E-state index contributed by atoms with van der Waals surface area (Å²) in [4.78, 5) is 14.4. The molecular weight excluding hydrogens is 300 g/mol. The van der Waals surface area contributed by atoms with Crippen molar-refractivity contribution < 1.29 is 13.2 Å². The van der Waals surface area contributed by atoms with E-state index >= 15 is 0 Å². The molecule has 7 heteroatoms. The molecule has 1 aliphatic heterocycles. The molecule has 1 aromatic heterocycles. The highest BCUT2D eigenvalue weighted by Gasteiger charge is 2.26. The molecule has 1 aromatic rings. The first kappa shape index (κ1) is 15.4. The molecule has 1 fully saturated rings. The fraction of sp³-hybridized carbons (Fsp3) is 0.615. The molecule has 1 saturated heterocycles. The molecule has 2 rings (SSSR count). The van der Waals surface area contributed by atoms with Gasteiger partial charge in [-0.1, -0.05) is 12.8 Å². The van der Waals surface area contributed by atoms with E-state index in [2.05, 4.69) is 0 Å². The molecule has 5 nitrogen and oxygen atoms in total. The summed E-state index contributed by atoms with van der Waals surface area (Å²) in [5, 5.41) is 0. The molecule has 1 atom stereocenters. The molecule has 0 aliphatic carbocycles. The number of hydrogen-bond acceptors (Lipinski definition) is 3. The van der Waals surface area contributed by atoms with Crippen LogP contribution in [0.15, 0.2) is 17.2 Å². The Bertz CT molecular complexity index is 609. The number of halogens is 1. The van der Waals surface area contributed by atoms with Gasteiger partial charge in [-0.15, -0.1) is 0 Å². The van der Waals surface area contributed by atoms with Gasteiger partial charge in [0.2, 0.25) is 0 Å². The van der Waals surface area contributed by atoms with Crippen LogP contribution in [0, 0.1) is 0 Å². The number of nitrogens with zero attached hydrogens (tertiary/aromatic N) is 2. The van der Waals surface area contributed by atoms with E-state index in [1.807, 2.05) is 11.8 Å². The molecule has 0 spiro atoms. The van der Waals surface area contributed by atoms with Crippen LogP contribution in [-0.4, -0.2) is 36.4 Å². The minimum absolute atomic E-state index is 0.0347. The quantitative estimate of drug-likeness (QED) is 0.786. The first-order valence-corrected chi connectivity index (χ1v) is 9.03. The molecule has 2 heterocycles. The fourth-order valence-corrected chi connectivity index (χ4v) is 3.39. The third-order valence-corrected chi connectivity index (χ3v) is 5.12. The highest BCUT2D eigenvalue weighted by Crippen LogP contribution is 2.22. The lowest BCUT2D eigenvalue weighted by atomic mass is 10.1. The van der Waals surface area contributed by atoms with Gasteiger partial charge >= 0.3 is 0 Å². The summed E-state index contributed by atoms with van der Waals surface area (Å²) in [7, 11) is 3.17. The van der Waals surface area contributed by atoms with Crippen LogP contribution in [0.25, 0.3) is 0 Å². The third-order valence-electron chi connectivity index (χ3n) is 3.79. The summed E-state index contributed by atoms with van der Waals surface area (Å²) < 4.78 is 24.2. The predicted molar refractivity (Wildman–Crippen MR) is 77.4 cm³/mol. The predicted octanol–water partition coefficient (Wildman–Crippen LogP) is 2.36. The lowest BCUT2D eigenvalue weighted by Gasteiger charge is -2.27. The van der Waals surface area contributed by atoms with Crippen molar-refractivity contribution in [2.75, 3.05) is 6.54 Å². The molecule has 1 aliphatic rings. The number of amides is 1. The Hall–Kier alpha value is -1.01. The smallest absolute Gasteiger partial charge is 0.270 e. The Labute approximate surface area is 123 Å². The van der Waals surface area contributed by atoms with Gasteiger partial charge in [0, 0.05) is 36.5 Å². The second-order valence-corrected chi connectivity index (χ2v) is 7.87. The van der Waals surface area contributed by atoms with Gasteiger partial charge < -0.3 is 9.47 Å². The van der Waals surface area contributed by atoms with Gasteiger partial charge in [0.05, 0.1) is 0 Å². The highest BCUT2D eigenvalue weighted by atomic mass is 35.7. The van der Waals surface area contributed by atoms with E-state index in [9.17, 15) is 13.2 Å². The van der Waals surface area contributed by atoms with Crippen LogP contribution in [-0.2, 0) is 16.1 Å². The van der Waals surface area contributed by atoms with Gasteiger partial charge in [-0.3, -0.25) is 4.79 Å². The summed E-state index contributed by atoms with van der Waals surface area (Å²) in [6.07, 6.45) is 5.60. The summed E-state index contributed by atoms with van der Waals surface area (Å²) in [5.74, 6) is -0.131. The molecule has 0 aromatic carbocycles. The van der Waals surface area contributed by atoms with E-state index in [-0.39, 0.29) is 16.8 Å². The zero-order chi connectivity index (χ0) is 14.9. The Morgan fingerprint density at radius 2 is 2.05 bits per heavy atom. The van der Waals surface area contributed by atoms with Crippen LogP contribution in [0.1, 0.15) is 43.1 Å². The van der Waals surface area contributed by atoms with Crippen LogP contribution in [0.5, 0.6) is 0 Å². The van der Waals surface area contributed by atoms with Crippen molar-refractivity contribution in [1.29, 1.82) is 0 Å². The third kappa shape index (κ3) is 3.17. The zero-order valence-electron chi connectivity index (χ0n) is 11.7. The number of rotatable bonds is 2. The van der Waals surface area contributed by atoms with Crippen LogP contribution in [0.3, 0.4) is 0 Å². The lowest BCUT2D eigenvalue weighted by Crippen LogP contribution is -2.39. The van der Waals surface area contributed by atoms with E-state index in [0.29, 0.717) is 12.2 Å². The van der Waals surface area contributed by atoms with Gasteiger partial charge in [-0.25, -0.2) is 8.42 Å². The van der Waals surface area contributed by atoms with Gasteiger partial charge in [-0.05, 0) is 25.8 Å². The Kier molecular flexibility index (Phi) is 4.44. The summed E-state index contributed by atoms with van der Waals surface area (Å²) in [6, 6.07) is 1.53. The van der Waals surface area contributed by atoms with Crippen LogP contribution in [0.4, 0.5) is 0 Å². The van der Waals surface area contributed by atoms with Gasteiger partial charge in [0.15, 0.2) is 0 Å². The molecular formula is C13H19ClN2O3S. The van der Waals surface area contributed by atoms with Crippen LogP contribution < -0.4 is 0 Å². The van der Waals surface area contributed by atoms with Crippen molar-refractivity contribution in [2.24, 2.45) is 7.05 Å². The van der Waals surface area contributed by atoms with E-state index in [1.54, 1.807) is 7.05 Å². The number of carbonyl (C=O) groups is 1. The number of hydrogen-bond donors (Lipinski definition) is 0. The first-order chi connectivity index (χ1) is 9.30. The molecule has 0 radical (unpaired) electrons. The minimum atomic E-state index is -3.81. The summed E-state index contributed by atoms with van der Waals surface area (Å²) in [5.41, 5.74) is 0.359. The van der Waals surface area contributed by atoms with Crippen molar-refractivity contribution in [3.05, 3.63) is 18.0 Å². The van der Waals surface area contributed by atoms with Crippen molar-refractivity contribution in [1.82, 2.24) is 9.47 Å². The molecule has 1 unspecified atom stereocenters. The topological polar surface area (TPSA) is 59.4 Å². The maximum atomic E-state index is 12.6. The largest absolute Gasteiger partial charge is 0.345 e. The van der Waals surface area contributed by atoms with Crippen molar-refractivity contribution in [2.45, 2.75) is 43.5 Å². The van der Waals surface area contributed by atoms with E-state index in [0.717, 1.165) is 25.7 Å². The van der Waals surface area contributed by atoms with Gasteiger partial charge in [0.1, 0.15) is 10.6 Å². The second kappa shape index (κ2) is 5.77. The molecule has 1 amide bonds. The molecule has 0 bridgehead atoms. The Balaban J connectivity index is 2.31. The average Bonchev–Trinajstić information content (AvgIpc) is 2.62. The average molecular weight is 319 g/mol. The van der Waals surface area contributed by atoms with Crippen molar-refractivity contribution in [3.63, 3.8) is 0 Å². The molecule has 0 N–H and O–H groups in total. The summed E-state index contributed by atoms with van der Waals surface area (Å²) >= 11 is 0. The Morgan fingerprint density at radius 1 is 1.35 bits per heavy atom. The SMILES string of the molecule is CC1CCCCCN1C(=O)c1cc(S(=O)(=O)Cl)cn1C. The maximum absolute atomic E-state index is 12.6. The van der Waals surface area contributed by atoms with Gasteiger partial charge in [-0.2, -0.15) is 0 Å². The second-order valence-electron chi connectivity index (χ2n) is 5.31. The first-order valence-electron chi connectivity index (χ1n) is 6.72. The minimum Gasteiger partial charge on any atom is -0.345 e. The number of carbonyl (C=O) groups excluding carboxylic acids is 1. The van der Waals surface area contributed by atoms with Crippen LogP contribution >= 0.6 is 10.7 Å².